The first-order valence-electron chi connectivity index (χ1n) is 7.63. The summed E-state index contributed by atoms with van der Waals surface area (Å²) in [6, 6.07) is 5.36. The molecule has 1 aliphatic carbocycles. The van der Waals surface area contributed by atoms with E-state index in [0.717, 1.165) is 0 Å². The van der Waals surface area contributed by atoms with Crippen molar-refractivity contribution < 1.29 is 18.1 Å². The van der Waals surface area contributed by atoms with Crippen LogP contribution in [0.15, 0.2) is 24.3 Å². The number of nitrogens with zero attached hydrogens (tertiary/aromatic N) is 5. The number of nitrogen functional groups attached to an aromatic ring is 1. The van der Waals surface area contributed by atoms with E-state index < -0.39 is 16.9 Å². The molecule has 2 N–H and O–H groups in total. The second kappa shape index (κ2) is 5.38. The molecule has 134 valence electrons. The zero-order valence-corrected chi connectivity index (χ0v) is 13.1. The predicted octanol–water partition coefficient (Wildman–Crippen LogP) is 3.20. The fraction of sp³-hybridized carbons (Fsp3) is 0.267. The van der Waals surface area contributed by atoms with Gasteiger partial charge in [-0.25, -0.2) is 15.0 Å². The van der Waals surface area contributed by atoms with Gasteiger partial charge in [0.15, 0.2) is 5.65 Å². The van der Waals surface area contributed by atoms with Crippen LogP contribution in [-0.4, -0.2) is 24.4 Å². The average Bonchev–Trinajstić information content (AvgIpc) is 3.35. The summed E-state index contributed by atoms with van der Waals surface area (Å²) < 4.78 is 40.8. The summed E-state index contributed by atoms with van der Waals surface area (Å²) in [4.78, 5) is 21.8. The third-order valence-corrected chi connectivity index (χ3v) is 4.08. The summed E-state index contributed by atoms with van der Waals surface area (Å²) in [7, 11) is 0. The number of benzene rings is 1. The van der Waals surface area contributed by atoms with Crippen molar-refractivity contribution in [3.63, 3.8) is 0 Å². The number of imidazole rings is 1. The zero-order chi connectivity index (χ0) is 18.6. The van der Waals surface area contributed by atoms with Gasteiger partial charge in [0, 0.05) is 18.1 Å². The summed E-state index contributed by atoms with van der Waals surface area (Å²) in [6.45, 7) is 0. The predicted molar refractivity (Wildman–Crippen MR) is 84.7 cm³/mol. The molecule has 26 heavy (non-hydrogen) atoms. The lowest BCUT2D eigenvalue weighted by molar-refractivity contribution is -0.384. The molecule has 3 aromatic rings. The van der Waals surface area contributed by atoms with E-state index in [4.69, 9.17) is 5.73 Å². The van der Waals surface area contributed by atoms with Crippen molar-refractivity contribution in [3.8, 4) is 5.69 Å². The summed E-state index contributed by atoms with van der Waals surface area (Å²) in [5.41, 5.74) is 6.14. The second-order valence-electron chi connectivity index (χ2n) is 5.96. The second-order valence-corrected chi connectivity index (χ2v) is 5.96. The van der Waals surface area contributed by atoms with Crippen LogP contribution in [0, 0.1) is 10.1 Å². The summed E-state index contributed by atoms with van der Waals surface area (Å²) in [5, 5.41) is 11.0. The smallest absolute Gasteiger partial charge is 0.369 e. The molecule has 0 radical (unpaired) electrons. The highest BCUT2D eigenvalue weighted by Crippen LogP contribution is 2.43. The number of aromatic nitrogens is 4. The molecule has 0 saturated heterocycles. The van der Waals surface area contributed by atoms with Gasteiger partial charge in [-0.3, -0.25) is 14.7 Å². The lowest BCUT2D eigenvalue weighted by Crippen LogP contribution is -2.13. The first-order valence-corrected chi connectivity index (χ1v) is 7.63. The first kappa shape index (κ1) is 16.2. The Morgan fingerprint density at radius 1 is 1.23 bits per heavy atom. The minimum Gasteiger partial charge on any atom is -0.369 e. The molecule has 1 aromatic carbocycles. The highest BCUT2D eigenvalue weighted by atomic mass is 19.4. The lowest BCUT2D eigenvalue weighted by Gasteiger charge is -2.09. The first-order chi connectivity index (χ1) is 12.3. The molecule has 1 fully saturated rings. The lowest BCUT2D eigenvalue weighted by atomic mass is 10.2. The van der Waals surface area contributed by atoms with Crippen LogP contribution in [0.1, 0.15) is 30.3 Å². The highest BCUT2D eigenvalue weighted by Gasteiger charge is 2.39. The topological polar surface area (TPSA) is 113 Å². The maximum atomic E-state index is 13.2. The maximum Gasteiger partial charge on any atom is 0.451 e. The third-order valence-electron chi connectivity index (χ3n) is 4.08. The zero-order valence-electron chi connectivity index (χ0n) is 13.1. The van der Waals surface area contributed by atoms with Crippen molar-refractivity contribution >= 4 is 22.8 Å². The summed E-state index contributed by atoms with van der Waals surface area (Å²) in [6.07, 6.45) is -3.30. The molecule has 1 saturated carbocycles. The van der Waals surface area contributed by atoms with Crippen LogP contribution in [0.4, 0.5) is 24.8 Å². The van der Waals surface area contributed by atoms with Crippen molar-refractivity contribution in [3.05, 3.63) is 45.9 Å². The van der Waals surface area contributed by atoms with Gasteiger partial charge in [0.1, 0.15) is 5.52 Å². The van der Waals surface area contributed by atoms with Gasteiger partial charge in [-0.15, -0.1) is 0 Å². The third kappa shape index (κ3) is 2.61. The van der Waals surface area contributed by atoms with Crippen LogP contribution in [0.25, 0.3) is 16.9 Å². The Bertz CT molecular complexity index is 1040. The van der Waals surface area contributed by atoms with Gasteiger partial charge in [0.25, 0.3) is 5.69 Å². The van der Waals surface area contributed by atoms with E-state index in [9.17, 15) is 23.3 Å². The largest absolute Gasteiger partial charge is 0.451 e. The average molecular weight is 364 g/mol. The standard InChI is InChI=1S/C15H11F3N6O2/c16-15(17,18)13-20-10(7-4-5-7)11-12(22-13)23(14(19)21-11)8-2-1-3-9(6-8)24(25)26/h1-3,6-7H,4-5H2,(H2,19,21). The molecule has 0 atom stereocenters. The van der Waals surface area contributed by atoms with Crippen LogP contribution >= 0.6 is 0 Å². The molecule has 0 unspecified atom stereocenters. The normalized spacial score (nSPS) is 14.7. The molecule has 2 heterocycles. The molecule has 0 bridgehead atoms. The molecule has 11 heteroatoms. The molecule has 2 aromatic heterocycles. The molecule has 4 rings (SSSR count). The van der Waals surface area contributed by atoms with Crippen molar-refractivity contribution in [2.45, 2.75) is 24.9 Å². The monoisotopic (exact) mass is 364 g/mol. The number of alkyl halides is 3. The fourth-order valence-corrected chi connectivity index (χ4v) is 2.76. The van der Waals surface area contributed by atoms with Crippen LogP contribution < -0.4 is 5.73 Å². The van der Waals surface area contributed by atoms with Crippen molar-refractivity contribution in [2.75, 3.05) is 5.73 Å². The SMILES string of the molecule is Nc1nc2c(C3CC3)nc(C(F)(F)F)nc2n1-c1cccc([N+](=O)[O-])c1. The Labute approximate surface area is 143 Å². The Morgan fingerprint density at radius 3 is 2.58 bits per heavy atom. The maximum absolute atomic E-state index is 13.2. The van der Waals surface area contributed by atoms with Crippen LogP contribution in [-0.2, 0) is 6.18 Å². The van der Waals surface area contributed by atoms with E-state index >= 15 is 0 Å². The minimum absolute atomic E-state index is 0.115. The van der Waals surface area contributed by atoms with Crippen LogP contribution in [0.5, 0.6) is 0 Å². The quantitative estimate of drug-likeness (QED) is 0.564. The fourth-order valence-electron chi connectivity index (χ4n) is 2.76. The number of non-ortho nitro benzene ring substituents is 1. The molecule has 0 amide bonds. The molecular weight excluding hydrogens is 353 g/mol. The number of halogens is 3. The number of rotatable bonds is 3. The molecule has 0 spiro atoms. The molecule has 8 nitrogen and oxygen atoms in total. The van der Waals surface area contributed by atoms with E-state index in [2.05, 4.69) is 15.0 Å². The summed E-state index contributed by atoms with van der Waals surface area (Å²) in [5.74, 6) is -1.51. The summed E-state index contributed by atoms with van der Waals surface area (Å²) >= 11 is 0. The molecular formula is C15H11F3N6O2. The van der Waals surface area contributed by atoms with Crippen molar-refractivity contribution in [1.82, 2.24) is 19.5 Å². The number of hydrogen-bond donors (Lipinski definition) is 1. The Kier molecular flexibility index (Phi) is 3.36. The van der Waals surface area contributed by atoms with Gasteiger partial charge >= 0.3 is 6.18 Å². The van der Waals surface area contributed by atoms with Crippen molar-refractivity contribution in [2.24, 2.45) is 0 Å². The minimum atomic E-state index is -4.73. The van der Waals surface area contributed by atoms with Crippen molar-refractivity contribution in [1.29, 1.82) is 0 Å². The van der Waals surface area contributed by atoms with Gasteiger partial charge in [-0.2, -0.15) is 13.2 Å². The van der Waals surface area contributed by atoms with Gasteiger partial charge in [0.2, 0.25) is 11.8 Å². The number of fused-ring (bicyclic) bond motifs is 1. The van der Waals surface area contributed by atoms with E-state index in [1.54, 1.807) is 0 Å². The van der Waals surface area contributed by atoms with Crippen LogP contribution in [0.2, 0.25) is 0 Å². The number of hydrogen-bond acceptors (Lipinski definition) is 6. The van der Waals surface area contributed by atoms with Gasteiger partial charge in [0.05, 0.1) is 16.3 Å². The van der Waals surface area contributed by atoms with E-state index in [1.807, 2.05) is 0 Å². The van der Waals surface area contributed by atoms with E-state index in [-0.39, 0.29) is 40.1 Å². The Hall–Kier alpha value is -3.24. The van der Waals surface area contributed by atoms with E-state index in [0.29, 0.717) is 12.8 Å². The van der Waals surface area contributed by atoms with Gasteiger partial charge in [-0.1, -0.05) is 6.07 Å². The number of nitro benzene ring substituents is 1. The highest BCUT2D eigenvalue weighted by molar-refractivity contribution is 5.80. The Balaban J connectivity index is 2.01. The number of nitro groups is 1. The molecule has 1 aliphatic rings. The molecule has 0 aliphatic heterocycles. The van der Waals surface area contributed by atoms with E-state index in [1.165, 1.54) is 28.8 Å². The Morgan fingerprint density at radius 2 is 1.96 bits per heavy atom. The number of anilines is 1. The van der Waals surface area contributed by atoms with Gasteiger partial charge < -0.3 is 5.73 Å². The number of nitrogens with two attached hydrogens (primary N) is 1. The van der Waals surface area contributed by atoms with Gasteiger partial charge in [-0.05, 0) is 18.9 Å². The van der Waals surface area contributed by atoms with Crippen LogP contribution in [0.3, 0.4) is 0 Å².